The Bertz CT molecular complexity index is 704. The fourth-order valence-electron chi connectivity index (χ4n) is 1.95. The molecule has 0 saturated heterocycles. The van der Waals surface area contributed by atoms with Gasteiger partial charge in [-0.15, -0.1) is 0 Å². The zero-order valence-electron chi connectivity index (χ0n) is 10.2. The van der Waals surface area contributed by atoms with Gasteiger partial charge in [0.25, 0.3) is 5.69 Å². The summed E-state index contributed by atoms with van der Waals surface area (Å²) in [7, 11) is 0. The topological polar surface area (TPSA) is 68.9 Å². The Morgan fingerprint density at radius 2 is 2.10 bits per heavy atom. The van der Waals surface area contributed by atoms with Crippen LogP contribution in [0, 0.1) is 13.7 Å². The van der Waals surface area contributed by atoms with E-state index in [-0.39, 0.29) is 5.69 Å². The van der Waals surface area contributed by atoms with E-state index in [0.717, 1.165) is 22.1 Å². The summed E-state index contributed by atoms with van der Waals surface area (Å²) in [6.07, 6.45) is 2.22. The first-order chi connectivity index (χ1) is 9.56. The van der Waals surface area contributed by atoms with Crippen molar-refractivity contribution in [3.05, 3.63) is 48.8 Å². The van der Waals surface area contributed by atoms with Crippen molar-refractivity contribution in [1.29, 1.82) is 0 Å². The first kappa shape index (κ1) is 13.7. The second-order valence-corrected chi connectivity index (χ2v) is 6.06. The van der Waals surface area contributed by atoms with Crippen molar-refractivity contribution in [1.82, 2.24) is 9.97 Å². The lowest BCUT2D eigenvalue weighted by atomic mass is 10.2. The minimum absolute atomic E-state index is 0.0220. The molecule has 0 amide bonds. The largest absolute Gasteiger partial charge is 0.270 e. The van der Waals surface area contributed by atoms with Crippen LogP contribution in [0.3, 0.4) is 0 Å². The van der Waals surface area contributed by atoms with Crippen molar-refractivity contribution in [3.63, 3.8) is 0 Å². The quantitative estimate of drug-likeness (QED) is 0.335. The third kappa shape index (κ3) is 2.62. The van der Waals surface area contributed by atoms with Gasteiger partial charge in [-0.1, -0.05) is 23.7 Å². The molecule has 1 aliphatic carbocycles. The SMILES string of the molecule is O=[N+]([O-])c1cccc(-c2nc(Cl)c(I)c(C3CC3)n2)c1. The van der Waals surface area contributed by atoms with Crippen LogP contribution in [0.1, 0.15) is 24.5 Å². The molecule has 0 N–H and O–H groups in total. The standard InChI is InChI=1S/C13H9ClIN3O2/c14-12-10(15)11(7-4-5-7)16-13(17-12)8-2-1-3-9(6-8)18(19)20/h1-3,6-7H,4-5H2. The van der Waals surface area contributed by atoms with Crippen LogP contribution in [0.4, 0.5) is 5.69 Å². The van der Waals surface area contributed by atoms with E-state index >= 15 is 0 Å². The smallest absolute Gasteiger partial charge is 0.258 e. The average Bonchev–Trinajstić information content (AvgIpc) is 3.26. The lowest BCUT2D eigenvalue weighted by Gasteiger charge is -2.07. The van der Waals surface area contributed by atoms with Crippen LogP contribution in [0.15, 0.2) is 24.3 Å². The van der Waals surface area contributed by atoms with E-state index < -0.39 is 4.92 Å². The van der Waals surface area contributed by atoms with E-state index in [4.69, 9.17) is 11.6 Å². The Morgan fingerprint density at radius 3 is 2.75 bits per heavy atom. The Balaban J connectivity index is 2.10. The Labute approximate surface area is 133 Å². The highest BCUT2D eigenvalue weighted by molar-refractivity contribution is 14.1. The predicted octanol–water partition coefficient (Wildman–Crippen LogP) is 4.19. The molecule has 0 aliphatic heterocycles. The summed E-state index contributed by atoms with van der Waals surface area (Å²) in [5.41, 5.74) is 1.58. The molecule has 1 saturated carbocycles. The highest BCUT2D eigenvalue weighted by Gasteiger charge is 2.29. The van der Waals surface area contributed by atoms with Crippen LogP contribution < -0.4 is 0 Å². The number of hydrogen-bond donors (Lipinski definition) is 0. The van der Waals surface area contributed by atoms with Crippen molar-refractivity contribution >= 4 is 39.9 Å². The van der Waals surface area contributed by atoms with Gasteiger partial charge in [0.15, 0.2) is 5.82 Å². The molecule has 0 bridgehead atoms. The summed E-state index contributed by atoms with van der Waals surface area (Å²) < 4.78 is 0.876. The Hall–Kier alpha value is -1.28. The molecule has 0 radical (unpaired) electrons. The highest BCUT2D eigenvalue weighted by atomic mass is 127. The van der Waals surface area contributed by atoms with Gasteiger partial charge < -0.3 is 0 Å². The van der Waals surface area contributed by atoms with E-state index in [1.165, 1.54) is 12.1 Å². The number of non-ortho nitro benzene ring substituents is 1. The lowest BCUT2D eigenvalue weighted by molar-refractivity contribution is -0.384. The normalized spacial score (nSPS) is 14.3. The van der Waals surface area contributed by atoms with Gasteiger partial charge in [-0.2, -0.15) is 0 Å². The third-order valence-corrected chi connectivity index (χ3v) is 4.77. The van der Waals surface area contributed by atoms with Gasteiger partial charge in [0.2, 0.25) is 0 Å². The van der Waals surface area contributed by atoms with Crippen LogP contribution in [0.2, 0.25) is 5.15 Å². The number of rotatable bonds is 3. The highest BCUT2D eigenvalue weighted by Crippen LogP contribution is 2.42. The van der Waals surface area contributed by atoms with Gasteiger partial charge in [-0.3, -0.25) is 10.1 Å². The number of nitro benzene ring substituents is 1. The van der Waals surface area contributed by atoms with Gasteiger partial charge in [0.05, 0.1) is 14.2 Å². The maximum atomic E-state index is 10.8. The van der Waals surface area contributed by atoms with Gasteiger partial charge in [-0.05, 0) is 35.4 Å². The van der Waals surface area contributed by atoms with Gasteiger partial charge in [0, 0.05) is 23.6 Å². The molecular formula is C13H9ClIN3O2. The zero-order chi connectivity index (χ0) is 14.3. The second kappa shape index (κ2) is 5.25. The monoisotopic (exact) mass is 401 g/mol. The Kier molecular flexibility index (Phi) is 3.59. The molecule has 102 valence electrons. The van der Waals surface area contributed by atoms with Gasteiger partial charge >= 0.3 is 0 Å². The predicted molar refractivity (Wildman–Crippen MR) is 83.8 cm³/mol. The third-order valence-electron chi connectivity index (χ3n) is 3.12. The van der Waals surface area contributed by atoms with Crippen LogP contribution >= 0.6 is 34.2 Å². The second-order valence-electron chi connectivity index (χ2n) is 4.62. The molecule has 1 aromatic heterocycles. The van der Waals surface area contributed by atoms with Crippen LogP contribution in [-0.4, -0.2) is 14.9 Å². The van der Waals surface area contributed by atoms with E-state index in [9.17, 15) is 10.1 Å². The molecule has 0 spiro atoms. The zero-order valence-corrected chi connectivity index (χ0v) is 13.1. The number of nitro groups is 1. The van der Waals surface area contributed by atoms with Crippen molar-refractivity contribution in [2.24, 2.45) is 0 Å². The van der Waals surface area contributed by atoms with E-state index in [1.54, 1.807) is 12.1 Å². The number of aromatic nitrogens is 2. The average molecular weight is 402 g/mol. The van der Waals surface area contributed by atoms with Crippen LogP contribution in [0.25, 0.3) is 11.4 Å². The summed E-state index contributed by atoms with van der Waals surface area (Å²) >= 11 is 8.30. The van der Waals surface area contributed by atoms with E-state index in [2.05, 4.69) is 32.6 Å². The van der Waals surface area contributed by atoms with E-state index in [0.29, 0.717) is 22.5 Å². The summed E-state index contributed by atoms with van der Waals surface area (Å²) in [5, 5.41) is 11.2. The first-order valence-corrected chi connectivity index (χ1v) is 7.49. The summed E-state index contributed by atoms with van der Waals surface area (Å²) in [6.45, 7) is 0. The lowest BCUT2D eigenvalue weighted by Crippen LogP contribution is -2.00. The Morgan fingerprint density at radius 1 is 1.35 bits per heavy atom. The molecule has 1 heterocycles. The number of hydrogen-bond acceptors (Lipinski definition) is 4. The van der Waals surface area contributed by atoms with Gasteiger partial charge in [-0.25, -0.2) is 9.97 Å². The summed E-state index contributed by atoms with van der Waals surface area (Å²) in [5.74, 6) is 0.890. The molecule has 1 fully saturated rings. The number of benzene rings is 1. The van der Waals surface area contributed by atoms with Crippen molar-refractivity contribution in [2.75, 3.05) is 0 Å². The van der Waals surface area contributed by atoms with E-state index in [1.807, 2.05) is 0 Å². The van der Waals surface area contributed by atoms with Gasteiger partial charge in [0.1, 0.15) is 5.15 Å². The van der Waals surface area contributed by atoms with Crippen LogP contribution in [0.5, 0.6) is 0 Å². The molecule has 0 unspecified atom stereocenters. The molecule has 20 heavy (non-hydrogen) atoms. The van der Waals surface area contributed by atoms with Crippen molar-refractivity contribution in [3.8, 4) is 11.4 Å². The minimum Gasteiger partial charge on any atom is -0.258 e. The number of nitrogens with zero attached hydrogens (tertiary/aromatic N) is 3. The molecule has 0 atom stereocenters. The van der Waals surface area contributed by atoms with Crippen molar-refractivity contribution in [2.45, 2.75) is 18.8 Å². The molecule has 1 aromatic carbocycles. The molecule has 2 aromatic rings. The summed E-state index contributed by atoms with van der Waals surface area (Å²) in [4.78, 5) is 19.2. The van der Waals surface area contributed by atoms with Crippen LogP contribution in [-0.2, 0) is 0 Å². The summed E-state index contributed by atoms with van der Waals surface area (Å²) in [6, 6.07) is 6.29. The molecule has 1 aliphatic rings. The fourth-order valence-corrected chi connectivity index (χ4v) is 2.81. The molecule has 3 rings (SSSR count). The van der Waals surface area contributed by atoms with Crippen molar-refractivity contribution < 1.29 is 4.92 Å². The fraction of sp³-hybridized carbons (Fsp3) is 0.231. The molecule has 5 nitrogen and oxygen atoms in total. The molecule has 7 heteroatoms. The maximum Gasteiger partial charge on any atom is 0.270 e. The minimum atomic E-state index is -0.431. The maximum absolute atomic E-state index is 10.8. The number of halogens is 2. The molecular weight excluding hydrogens is 393 g/mol. The first-order valence-electron chi connectivity index (χ1n) is 6.04.